The van der Waals surface area contributed by atoms with Gasteiger partial charge in [0.2, 0.25) is 5.89 Å². The highest BCUT2D eigenvalue weighted by molar-refractivity contribution is 6.67. The number of aromatic nitrogens is 1. The van der Waals surface area contributed by atoms with Crippen molar-refractivity contribution in [3.63, 3.8) is 0 Å². The molecular formula is C14H7Cl2NO2. The monoisotopic (exact) mass is 291 g/mol. The van der Waals surface area contributed by atoms with Gasteiger partial charge < -0.3 is 4.42 Å². The highest BCUT2D eigenvalue weighted by Crippen LogP contribution is 2.26. The first kappa shape index (κ1) is 12.2. The second-order valence-corrected chi connectivity index (χ2v) is 4.77. The Morgan fingerprint density at radius 1 is 1.16 bits per heavy atom. The lowest BCUT2D eigenvalue weighted by Crippen LogP contribution is -1.86. The molecule has 0 saturated carbocycles. The maximum Gasteiger partial charge on any atom is 0.252 e. The largest absolute Gasteiger partial charge is 0.436 e. The maximum absolute atomic E-state index is 11.1. The van der Waals surface area contributed by atoms with E-state index in [1.54, 1.807) is 30.3 Å². The topological polar surface area (TPSA) is 43.1 Å². The molecule has 0 fully saturated rings. The highest BCUT2D eigenvalue weighted by atomic mass is 35.5. The summed E-state index contributed by atoms with van der Waals surface area (Å²) in [6.45, 7) is 0. The standard InChI is InChI=1S/C14H7Cl2NO2/c15-10-3-1-2-9(6-10)14-17-11-7-8(13(16)18)4-5-12(11)19-14/h1-7H. The molecule has 0 radical (unpaired) electrons. The van der Waals surface area contributed by atoms with Crippen LogP contribution in [0.2, 0.25) is 5.02 Å². The zero-order valence-corrected chi connectivity index (χ0v) is 11.1. The lowest BCUT2D eigenvalue weighted by atomic mass is 10.2. The first-order chi connectivity index (χ1) is 9.13. The Hall–Kier alpha value is -1.84. The molecule has 0 bridgehead atoms. The van der Waals surface area contributed by atoms with Crippen LogP contribution in [0.15, 0.2) is 46.9 Å². The van der Waals surface area contributed by atoms with E-state index in [0.29, 0.717) is 27.6 Å². The van der Waals surface area contributed by atoms with Crippen molar-refractivity contribution in [3.8, 4) is 11.5 Å². The van der Waals surface area contributed by atoms with E-state index in [1.807, 2.05) is 12.1 Å². The van der Waals surface area contributed by atoms with Gasteiger partial charge in [-0.25, -0.2) is 4.98 Å². The molecule has 5 heteroatoms. The predicted molar refractivity (Wildman–Crippen MR) is 74.6 cm³/mol. The number of rotatable bonds is 2. The predicted octanol–water partition coefficient (Wildman–Crippen LogP) is 4.53. The van der Waals surface area contributed by atoms with Gasteiger partial charge in [0, 0.05) is 16.1 Å². The lowest BCUT2D eigenvalue weighted by Gasteiger charge is -1.94. The molecule has 0 aliphatic carbocycles. The molecular weight excluding hydrogens is 285 g/mol. The number of oxazole rings is 1. The average Bonchev–Trinajstić information content (AvgIpc) is 2.81. The lowest BCUT2D eigenvalue weighted by molar-refractivity contribution is 0.108. The molecule has 0 atom stereocenters. The fourth-order valence-electron chi connectivity index (χ4n) is 1.79. The molecule has 0 aliphatic rings. The van der Waals surface area contributed by atoms with E-state index in [1.165, 1.54) is 0 Å². The van der Waals surface area contributed by atoms with Crippen LogP contribution in [0.3, 0.4) is 0 Å². The van der Waals surface area contributed by atoms with Crippen LogP contribution in [0.5, 0.6) is 0 Å². The molecule has 94 valence electrons. The van der Waals surface area contributed by atoms with Gasteiger partial charge in [0.25, 0.3) is 5.24 Å². The molecule has 1 heterocycles. The number of carbonyl (C=O) groups is 1. The summed E-state index contributed by atoms with van der Waals surface area (Å²) in [5.41, 5.74) is 2.35. The minimum Gasteiger partial charge on any atom is -0.436 e. The van der Waals surface area contributed by atoms with Crippen LogP contribution in [0, 0.1) is 0 Å². The van der Waals surface area contributed by atoms with Crippen molar-refractivity contribution >= 4 is 39.5 Å². The summed E-state index contributed by atoms with van der Waals surface area (Å²) in [6.07, 6.45) is 0. The molecule has 0 aliphatic heterocycles. The van der Waals surface area contributed by atoms with E-state index < -0.39 is 5.24 Å². The normalized spacial score (nSPS) is 10.8. The summed E-state index contributed by atoms with van der Waals surface area (Å²) in [4.78, 5) is 15.4. The van der Waals surface area contributed by atoms with Gasteiger partial charge in [0.1, 0.15) is 5.52 Å². The van der Waals surface area contributed by atoms with Gasteiger partial charge in [-0.3, -0.25) is 4.79 Å². The van der Waals surface area contributed by atoms with Crippen LogP contribution in [-0.4, -0.2) is 10.2 Å². The van der Waals surface area contributed by atoms with Crippen LogP contribution in [0.4, 0.5) is 0 Å². The Morgan fingerprint density at radius 2 is 2.00 bits per heavy atom. The summed E-state index contributed by atoms with van der Waals surface area (Å²) in [6, 6.07) is 12.1. The van der Waals surface area contributed by atoms with Crippen molar-refractivity contribution in [1.29, 1.82) is 0 Å². The van der Waals surface area contributed by atoms with E-state index in [4.69, 9.17) is 27.6 Å². The Bertz CT molecular complexity index is 780. The van der Waals surface area contributed by atoms with E-state index >= 15 is 0 Å². The molecule has 0 unspecified atom stereocenters. The van der Waals surface area contributed by atoms with Crippen LogP contribution in [0.25, 0.3) is 22.6 Å². The SMILES string of the molecule is O=C(Cl)c1ccc2oc(-c3cccc(Cl)c3)nc2c1. The van der Waals surface area contributed by atoms with Crippen LogP contribution < -0.4 is 0 Å². The van der Waals surface area contributed by atoms with Gasteiger partial charge in [-0.2, -0.15) is 0 Å². The first-order valence-corrected chi connectivity index (χ1v) is 6.25. The molecule has 0 N–H and O–H groups in total. The minimum absolute atomic E-state index is 0.389. The Balaban J connectivity index is 2.14. The fraction of sp³-hybridized carbons (Fsp3) is 0. The number of halogens is 2. The Kier molecular flexibility index (Phi) is 3.01. The number of fused-ring (bicyclic) bond motifs is 1. The highest BCUT2D eigenvalue weighted by Gasteiger charge is 2.10. The van der Waals surface area contributed by atoms with E-state index in [9.17, 15) is 4.79 Å². The molecule has 0 amide bonds. The summed E-state index contributed by atoms with van der Waals surface area (Å²) in [5.74, 6) is 0.455. The van der Waals surface area contributed by atoms with Crippen molar-refractivity contribution < 1.29 is 9.21 Å². The molecule has 3 nitrogen and oxygen atoms in total. The summed E-state index contributed by atoms with van der Waals surface area (Å²) in [5, 5.41) is 0.0885. The van der Waals surface area contributed by atoms with Crippen LogP contribution >= 0.6 is 23.2 Å². The van der Waals surface area contributed by atoms with Gasteiger partial charge in [-0.1, -0.05) is 17.7 Å². The maximum atomic E-state index is 11.1. The molecule has 19 heavy (non-hydrogen) atoms. The third-order valence-electron chi connectivity index (χ3n) is 2.69. The molecule has 1 aromatic heterocycles. The molecule has 0 saturated heterocycles. The number of benzene rings is 2. The van der Waals surface area contributed by atoms with Gasteiger partial charge in [-0.15, -0.1) is 0 Å². The van der Waals surface area contributed by atoms with Crippen LogP contribution in [-0.2, 0) is 0 Å². The van der Waals surface area contributed by atoms with E-state index in [0.717, 1.165) is 5.56 Å². The van der Waals surface area contributed by atoms with Crippen molar-refractivity contribution in [2.24, 2.45) is 0 Å². The number of carbonyl (C=O) groups excluding carboxylic acids is 1. The average molecular weight is 292 g/mol. The van der Waals surface area contributed by atoms with Gasteiger partial charge in [0.15, 0.2) is 5.58 Å². The zero-order valence-electron chi connectivity index (χ0n) is 9.56. The van der Waals surface area contributed by atoms with Crippen LogP contribution in [0.1, 0.15) is 10.4 Å². The third kappa shape index (κ3) is 2.35. The summed E-state index contributed by atoms with van der Waals surface area (Å²) in [7, 11) is 0. The van der Waals surface area contributed by atoms with Crippen molar-refractivity contribution in [2.75, 3.05) is 0 Å². The molecule has 0 spiro atoms. The van der Waals surface area contributed by atoms with Crippen molar-refractivity contribution in [1.82, 2.24) is 4.98 Å². The smallest absolute Gasteiger partial charge is 0.252 e. The van der Waals surface area contributed by atoms with Gasteiger partial charge in [0.05, 0.1) is 0 Å². The quantitative estimate of drug-likeness (QED) is 0.652. The molecule has 3 aromatic rings. The summed E-state index contributed by atoms with van der Waals surface area (Å²) < 4.78 is 5.62. The summed E-state index contributed by atoms with van der Waals surface area (Å²) >= 11 is 11.4. The number of nitrogens with zero attached hydrogens (tertiary/aromatic N) is 1. The molecule has 3 rings (SSSR count). The Labute approximate surface area is 118 Å². The molecule has 2 aromatic carbocycles. The fourth-order valence-corrected chi connectivity index (χ4v) is 2.10. The number of hydrogen-bond acceptors (Lipinski definition) is 3. The van der Waals surface area contributed by atoms with E-state index in [2.05, 4.69) is 4.98 Å². The third-order valence-corrected chi connectivity index (χ3v) is 3.14. The second-order valence-electron chi connectivity index (χ2n) is 3.99. The van der Waals surface area contributed by atoms with Gasteiger partial charge in [-0.05, 0) is 48.0 Å². The first-order valence-electron chi connectivity index (χ1n) is 5.50. The second kappa shape index (κ2) is 4.68. The van der Waals surface area contributed by atoms with E-state index in [-0.39, 0.29) is 0 Å². The van der Waals surface area contributed by atoms with Gasteiger partial charge >= 0.3 is 0 Å². The zero-order chi connectivity index (χ0) is 13.4. The van der Waals surface area contributed by atoms with Crippen molar-refractivity contribution in [2.45, 2.75) is 0 Å². The van der Waals surface area contributed by atoms with Crippen molar-refractivity contribution in [3.05, 3.63) is 53.1 Å². The Morgan fingerprint density at radius 3 is 2.74 bits per heavy atom. The number of hydrogen-bond donors (Lipinski definition) is 0. The minimum atomic E-state index is -0.519.